The number of aromatic nitrogens is 2. The van der Waals surface area contributed by atoms with Crippen molar-refractivity contribution in [2.75, 3.05) is 4.90 Å². The number of anilines is 3. The van der Waals surface area contributed by atoms with Crippen LogP contribution in [0.5, 0.6) is 0 Å². The van der Waals surface area contributed by atoms with Crippen LogP contribution in [0, 0.1) is 0 Å². The number of rotatable bonds is 6. The average molecular weight is 612 g/mol. The Kier molecular flexibility index (Phi) is 7.10. The first kappa shape index (κ1) is 27.3. The van der Waals surface area contributed by atoms with Crippen LogP contribution in [0.1, 0.15) is 0 Å². The maximum absolute atomic E-state index is 5.23. The zero-order valence-electron chi connectivity index (χ0n) is 24.5. The molecule has 0 saturated carbocycles. The fraction of sp³-hybridized carbons (Fsp3) is 0. The smallest absolute Gasteiger partial charge is 0.179 e. The van der Waals surface area contributed by atoms with E-state index < -0.39 is 8.07 Å². The first-order valence-corrected chi connectivity index (χ1v) is 17.9. The summed E-state index contributed by atoms with van der Waals surface area (Å²) in [5.41, 5.74) is 3.26. The second kappa shape index (κ2) is 11.7. The lowest BCUT2D eigenvalue weighted by atomic mass is 10.2. The second-order valence-electron chi connectivity index (χ2n) is 11.0. The maximum Gasteiger partial charge on any atom is 0.179 e. The van der Waals surface area contributed by atoms with Gasteiger partial charge in [-0.05, 0) is 51.1 Å². The van der Waals surface area contributed by atoms with Crippen molar-refractivity contribution in [1.29, 1.82) is 0 Å². The van der Waals surface area contributed by atoms with Crippen molar-refractivity contribution in [2.45, 2.75) is 9.79 Å². The van der Waals surface area contributed by atoms with E-state index in [1.54, 1.807) is 11.8 Å². The second-order valence-corrected chi connectivity index (χ2v) is 15.9. The lowest BCUT2D eigenvalue weighted by molar-refractivity contribution is 1.08. The fourth-order valence-corrected chi connectivity index (χ4v) is 12.4. The molecule has 5 heteroatoms. The van der Waals surface area contributed by atoms with E-state index in [0.29, 0.717) is 5.82 Å². The molecule has 8 rings (SSSR count). The Labute approximate surface area is 268 Å². The molecule has 1 aromatic heterocycles. The lowest BCUT2D eigenvalue weighted by Crippen LogP contribution is -2.74. The summed E-state index contributed by atoms with van der Waals surface area (Å²) in [6.45, 7) is 0. The SMILES string of the molecule is c1ccc([Si](c2ccccc2)(c2ccccc2)c2cccc(-c3nccc(N4c5ccccc5Sc5ccccc54)n3)c2)cc1. The molecule has 7 aromatic rings. The van der Waals surface area contributed by atoms with Crippen LogP contribution in [0.25, 0.3) is 11.4 Å². The number of hydrogen-bond acceptors (Lipinski definition) is 4. The van der Waals surface area contributed by atoms with Crippen LogP contribution in [0.4, 0.5) is 17.2 Å². The van der Waals surface area contributed by atoms with Crippen molar-refractivity contribution in [2.24, 2.45) is 0 Å². The van der Waals surface area contributed by atoms with E-state index in [2.05, 4.69) is 169 Å². The van der Waals surface area contributed by atoms with Gasteiger partial charge in [0.25, 0.3) is 0 Å². The topological polar surface area (TPSA) is 29.0 Å². The molecular formula is C40H29N3SSi. The summed E-state index contributed by atoms with van der Waals surface area (Å²) in [4.78, 5) is 14.7. The van der Waals surface area contributed by atoms with E-state index >= 15 is 0 Å². The summed E-state index contributed by atoms with van der Waals surface area (Å²) in [6, 6.07) is 61.0. The first-order valence-electron chi connectivity index (χ1n) is 15.1. The van der Waals surface area contributed by atoms with Crippen molar-refractivity contribution >= 4 is 57.8 Å². The summed E-state index contributed by atoms with van der Waals surface area (Å²) in [5, 5.41) is 5.32. The van der Waals surface area contributed by atoms with Gasteiger partial charge in [0.15, 0.2) is 13.9 Å². The van der Waals surface area contributed by atoms with Crippen molar-refractivity contribution in [3.8, 4) is 11.4 Å². The molecule has 0 spiro atoms. The van der Waals surface area contributed by atoms with Gasteiger partial charge in [0.1, 0.15) is 5.82 Å². The van der Waals surface area contributed by atoms with Gasteiger partial charge < -0.3 is 0 Å². The molecule has 45 heavy (non-hydrogen) atoms. The van der Waals surface area contributed by atoms with Crippen LogP contribution in [0.3, 0.4) is 0 Å². The van der Waals surface area contributed by atoms with Crippen molar-refractivity contribution < 1.29 is 0 Å². The zero-order chi connectivity index (χ0) is 30.1. The van der Waals surface area contributed by atoms with Gasteiger partial charge >= 0.3 is 0 Å². The molecular weight excluding hydrogens is 583 g/mol. The van der Waals surface area contributed by atoms with Gasteiger partial charge in [-0.1, -0.05) is 151 Å². The molecule has 1 aliphatic heterocycles. The highest BCUT2D eigenvalue weighted by molar-refractivity contribution is 7.99. The third-order valence-corrected chi connectivity index (χ3v) is 14.4. The predicted octanol–water partition coefficient (Wildman–Crippen LogP) is 7.46. The van der Waals surface area contributed by atoms with Crippen molar-refractivity contribution in [3.63, 3.8) is 0 Å². The van der Waals surface area contributed by atoms with E-state index in [4.69, 9.17) is 9.97 Å². The van der Waals surface area contributed by atoms with E-state index in [-0.39, 0.29) is 0 Å². The van der Waals surface area contributed by atoms with Crippen LogP contribution in [0.15, 0.2) is 186 Å². The molecule has 2 heterocycles. The first-order chi connectivity index (χ1) is 22.3. The fourth-order valence-electron chi connectivity index (χ4n) is 6.52. The largest absolute Gasteiger partial charge is 0.293 e. The summed E-state index contributed by atoms with van der Waals surface area (Å²) < 4.78 is 0. The standard InChI is InChI=1S/C40H29N3SSi/c1-4-16-31(17-5-1)45(32-18-6-2-7-19-32,33-20-8-3-9-21-33)34-22-14-15-30(29-34)40-41-28-27-39(42-40)43-35-23-10-12-25-37(35)44-38-26-13-11-24-36(38)43/h1-29H. The Morgan fingerprint density at radius 3 is 1.51 bits per heavy atom. The summed E-state index contributed by atoms with van der Waals surface area (Å²) in [5.74, 6) is 1.56. The van der Waals surface area contributed by atoms with Gasteiger partial charge in [-0.3, -0.25) is 4.90 Å². The van der Waals surface area contributed by atoms with Crippen LogP contribution >= 0.6 is 11.8 Å². The zero-order valence-corrected chi connectivity index (χ0v) is 26.3. The van der Waals surface area contributed by atoms with Gasteiger partial charge in [0.05, 0.1) is 11.4 Å². The molecule has 1 aliphatic rings. The number of fused-ring (bicyclic) bond motifs is 2. The van der Waals surface area contributed by atoms with E-state index in [1.165, 1.54) is 30.5 Å². The minimum Gasteiger partial charge on any atom is -0.293 e. The molecule has 0 fully saturated rings. The third kappa shape index (κ3) is 4.77. The van der Waals surface area contributed by atoms with Crippen LogP contribution < -0.4 is 25.6 Å². The van der Waals surface area contributed by atoms with Crippen LogP contribution in [-0.4, -0.2) is 18.0 Å². The molecule has 0 saturated heterocycles. The molecule has 0 atom stereocenters. The molecule has 0 aliphatic carbocycles. The molecule has 0 radical (unpaired) electrons. The Hall–Kier alpha value is -5.23. The Bertz CT molecular complexity index is 1960. The quantitative estimate of drug-likeness (QED) is 0.144. The highest BCUT2D eigenvalue weighted by Crippen LogP contribution is 2.50. The van der Waals surface area contributed by atoms with Crippen LogP contribution in [0.2, 0.25) is 0 Å². The van der Waals surface area contributed by atoms with Gasteiger partial charge in [0, 0.05) is 21.6 Å². The van der Waals surface area contributed by atoms with Crippen molar-refractivity contribution in [1.82, 2.24) is 9.97 Å². The highest BCUT2D eigenvalue weighted by atomic mass is 32.2. The maximum atomic E-state index is 5.23. The Morgan fingerprint density at radius 2 is 0.956 bits per heavy atom. The lowest BCUT2D eigenvalue weighted by Gasteiger charge is -2.34. The van der Waals surface area contributed by atoms with Gasteiger partial charge in [0.2, 0.25) is 0 Å². The summed E-state index contributed by atoms with van der Waals surface area (Å²) in [7, 11) is -2.67. The number of para-hydroxylation sites is 2. The normalized spacial score (nSPS) is 12.3. The Balaban J connectivity index is 1.31. The molecule has 0 unspecified atom stereocenters. The number of nitrogens with zero attached hydrogens (tertiary/aromatic N) is 3. The monoisotopic (exact) mass is 611 g/mol. The Morgan fingerprint density at radius 1 is 0.467 bits per heavy atom. The molecule has 214 valence electrons. The summed E-state index contributed by atoms with van der Waals surface area (Å²) in [6.07, 6.45) is 1.88. The highest BCUT2D eigenvalue weighted by Gasteiger charge is 2.41. The summed E-state index contributed by atoms with van der Waals surface area (Å²) >= 11 is 1.80. The van der Waals surface area contributed by atoms with E-state index in [9.17, 15) is 0 Å². The number of hydrogen-bond donors (Lipinski definition) is 0. The minimum absolute atomic E-state index is 0.708. The average Bonchev–Trinajstić information content (AvgIpc) is 3.12. The van der Waals surface area contributed by atoms with E-state index in [1.807, 2.05) is 12.3 Å². The van der Waals surface area contributed by atoms with Gasteiger partial charge in [-0.2, -0.15) is 0 Å². The molecule has 0 N–H and O–H groups in total. The van der Waals surface area contributed by atoms with Gasteiger partial charge in [-0.25, -0.2) is 9.97 Å². The van der Waals surface area contributed by atoms with Crippen LogP contribution in [-0.2, 0) is 0 Å². The molecule has 0 amide bonds. The predicted molar refractivity (Wildman–Crippen MR) is 190 cm³/mol. The molecule has 3 nitrogen and oxygen atoms in total. The molecule has 6 aromatic carbocycles. The third-order valence-electron chi connectivity index (χ3n) is 8.48. The minimum atomic E-state index is -2.67. The van der Waals surface area contributed by atoms with Crippen molar-refractivity contribution in [3.05, 3.63) is 176 Å². The van der Waals surface area contributed by atoms with Gasteiger partial charge in [-0.15, -0.1) is 0 Å². The number of benzene rings is 6. The molecule has 0 bridgehead atoms. The van der Waals surface area contributed by atoms with E-state index in [0.717, 1.165) is 22.8 Å².